The molecule has 0 saturated heterocycles. The number of carboxylic acid groups (broad SMARTS) is 1. The van der Waals surface area contributed by atoms with Crippen LogP contribution in [0.5, 0.6) is 5.88 Å². The minimum atomic E-state index is -1.06. The van der Waals surface area contributed by atoms with E-state index in [2.05, 4.69) is 10.1 Å². The summed E-state index contributed by atoms with van der Waals surface area (Å²) in [7, 11) is 0. The predicted molar refractivity (Wildman–Crippen MR) is 60.5 cm³/mol. The summed E-state index contributed by atoms with van der Waals surface area (Å²) >= 11 is 0. The van der Waals surface area contributed by atoms with Gasteiger partial charge in [-0.05, 0) is 13.3 Å². The molecule has 0 saturated carbocycles. The van der Waals surface area contributed by atoms with Crippen LogP contribution in [-0.2, 0) is 6.42 Å². The van der Waals surface area contributed by atoms with Crippen LogP contribution in [0.15, 0.2) is 12.3 Å². The molecule has 2 heterocycles. The number of aryl methyl sites for hydroxylation is 1. The topological polar surface area (TPSA) is 76.7 Å². The first-order chi connectivity index (χ1) is 8.15. The lowest BCUT2D eigenvalue weighted by Crippen LogP contribution is -2.02. The maximum atomic E-state index is 10.9. The molecule has 0 spiro atoms. The van der Waals surface area contributed by atoms with Gasteiger partial charge in [-0.3, -0.25) is 0 Å². The van der Waals surface area contributed by atoms with Crippen LogP contribution in [-0.4, -0.2) is 32.3 Å². The van der Waals surface area contributed by atoms with Gasteiger partial charge < -0.3 is 9.84 Å². The number of fused-ring (bicyclic) bond motifs is 1. The maximum absolute atomic E-state index is 10.9. The highest BCUT2D eigenvalue weighted by Gasteiger charge is 2.14. The molecule has 1 N–H and O–H groups in total. The molecule has 0 radical (unpaired) electrons. The summed E-state index contributed by atoms with van der Waals surface area (Å²) in [5.74, 6) is -0.638. The molecule has 17 heavy (non-hydrogen) atoms. The molecule has 2 aromatic heterocycles. The zero-order valence-corrected chi connectivity index (χ0v) is 9.67. The van der Waals surface area contributed by atoms with Crippen LogP contribution in [0.1, 0.15) is 30.0 Å². The van der Waals surface area contributed by atoms with Crippen molar-refractivity contribution in [2.75, 3.05) is 6.61 Å². The molecule has 6 heteroatoms. The van der Waals surface area contributed by atoms with Crippen LogP contribution in [0.2, 0.25) is 0 Å². The number of rotatable bonds is 4. The van der Waals surface area contributed by atoms with Gasteiger partial charge in [-0.2, -0.15) is 5.10 Å². The van der Waals surface area contributed by atoms with E-state index in [0.717, 1.165) is 12.1 Å². The van der Waals surface area contributed by atoms with Crippen molar-refractivity contribution in [1.29, 1.82) is 0 Å². The van der Waals surface area contributed by atoms with Crippen LogP contribution in [0, 0.1) is 0 Å². The Labute approximate surface area is 97.9 Å². The molecule has 0 atom stereocenters. The number of nitrogens with zero attached hydrogens (tertiary/aromatic N) is 3. The van der Waals surface area contributed by atoms with E-state index in [9.17, 15) is 4.79 Å². The minimum absolute atomic E-state index is 0.0130. The Hall–Kier alpha value is -2.11. The molecule has 90 valence electrons. The summed E-state index contributed by atoms with van der Waals surface area (Å²) in [6, 6.07) is 1.46. The third-order valence-corrected chi connectivity index (χ3v) is 2.33. The lowest BCUT2D eigenvalue weighted by atomic mass is 10.3. The van der Waals surface area contributed by atoms with Crippen molar-refractivity contribution >= 4 is 11.5 Å². The molecular weight excluding hydrogens is 222 g/mol. The van der Waals surface area contributed by atoms with Crippen molar-refractivity contribution in [2.45, 2.75) is 20.3 Å². The Morgan fingerprint density at radius 2 is 2.29 bits per heavy atom. The molecule has 0 aliphatic carbocycles. The SMILES string of the molecule is CCOc1nc(CC)cn2nc(C(=O)O)cc12. The molecule has 2 aromatic rings. The van der Waals surface area contributed by atoms with Crippen LogP contribution < -0.4 is 4.74 Å². The Morgan fingerprint density at radius 1 is 1.53 bits per heavy atom. The molecule has 0 unspecified atom stereocenters. The summed E-state index contributed by atoms with van der Waals surface area (Å²) in [6.45, 7) is 4.29. The smallest absolute Gasteiger partial charge is 0.356 e. The molecule has 0 aromatic carbocycles. The standard InChI is InChI=1S/C11H13N3O3/c1-3-7-6-14-9(10(12-7)17-4-2)5-8(13-14)11(15)16/h5-6H,3-4H2,1-2H3,(H,15,16). The highest BCUT2D eigenvalue weighted by Crippen LogP contribution is 2.19. The first-order valence-corrected chi connectivity index (χ1v) is 5.41. The molecule has 0 bridgehead atoms. The molecule has 6 nitrogen and oxygen atoms in total. The van der Waals surface area contributed by atoms with E-state index in [1.54, 1.807) is 6.20 Å². The minimum Gasteiger partial charge on any atom is -0.476 e. The molecular formula is C11H13N3O3. The van der Waals surface area contributed by atoms with E-state index >= 15 is 0 Å². The Bertz CT molecular complexity index is 562. The number of aromatic carboxylic acids is 1. The van der Waals surface area contributed by atoms with Gasteiger partial charge in [-0.15, -0.1) is 0 Å². The fraction of sp³-hybridized carbons (Fsp3) is 0.364. The van der Waals surface area contributed by atoms with Crippen LogP contribution in [0.4, 0.5) is 0 Å². The van der Waals surface area contributed by atoms with Gasteiger partial charge in [0.25, 0.3) is 0 Å². The molecule has 0 fully saturated rings. The van der Waals surface area contributed by atoms with Gasteiger partial charge in [0.15, 0.2) is 5.69 Å². The van der Waals surface area contributed by atoms with Crippen molar-refractivity contribution in [3.05, 3.63) is 23.7 Å². The van der Waals surface area contributed by atoms with E-state index in [1.807, 2.05) is 13.8 Å². The average molecular weight is 235 g/mol. The van der Waals surface area contributed by atoms with Crippen LogP contribution in [0.25, 0.3) is 5.52 Å². The lowest BCUT2D eigenvalue weighted by molar-refractivity contribution is 0.0690. The molecule has 0 aliphatic rings. The molecule has 0 amide bonds. The number of carbonyl (C=O) groups is 1. The third-order valence-electron chi connectivity index (χ3n) is 2.33. The van der Waals surface area contributed by atoms with E-state index in [-0.39, 0.29) is 5.69 Å². The maximum Gasteiger partial charge on any atom is 0.356 e. The highest BCUT2D eigenvalue weighted by molar-refractivity contribution is 5.87. The van der Waals surface area contributed by atoms with Gasteiger partial charge >= 0.3 is 5.97 Å². The number of hydrogen-bond donors (Lipinski definition) is 1. The Kier molecular flexibility index (Phi) is 2.95. The molecule has 2 rings (SSSR count). The first kappa shape index (κ1) is 11.4. The van der Waals surface area contributed by atoms with Gasteiger partial charge in [0.05, 0.1) is 18.5 Å². The zero-order chi connectivity index (χ0) is 12.4. The third kappa shape index (κ3) is 2.06. The average Bonchev–Trinajstić information content (AvgIpc) is 2.73. The van der Waals surface area contributed by atoms with E-state index in [0.29, 0.717) is 18.0 Å². The quantitative estimate of drug-likeness (QED) is 0.866. The second kappa shape index (κ2) is 4.40. The van der Waals surface area contributed by atoms with Gasteiger partial charge in [0.1, 0.15) is 5.52 Å². The predicted octanol–water partition coefficient (Wildman–Crippen LogP) is 1.39. The summed E-state index contributed by atoms with van der Waals surface area (Å²) in [6.07, 6.45) is 2.45. The number of hydrogen-bond acceptors (Lipinski definition) is 4. The molecule has 0 aliphatic heterocycles. The van der Waals surface area contributed by atoms with E-state index < -0.39 is 5.97 Å². The second-order valence-electron chi connectivity index (χ2n) is 3.49. The van der Waals surface area contributed by atoms with Gasteiger partial charge in [-0.25, -0.2) is 14.3 Å². The van der Waals surface area contributed by atoms with E-state index in [4.69, 9.17) is 9.84 Å². The van der Waals surface area contributed by atoms with Gasteiger partial charge in [0.2, 0.25) is 5.88 Å². The van der Waals surface area contributed by atoms with Crippen molar-refractivity contribution in [2.24, 2.45) is 0 Å². The van der Waals surface area contributed by atoms with Gasteiger partial charge in [-0.1, -0.05) is 6.92 Å². The van der Waals surface area contributed by atoms with E-state index in [1.165, 1.54) is 10.6 Å². The highest BCUT2D eigenvalue weighted by atomic mass is 16.5. The summed E-state index contributed by atoms with van der Waals surface area (Å²) in [4.78, 5) is 15.2. The van der Waals surface area contributed by atoms with Crippen LogP contribution in [0.3, 0.4) is 0 Å². The van der Waals surface area contributed by atoms with Crippen molar-refractivity contribution < 1.29 is 14.6 Å². The zero-order valence-electron chi connectivity index (χ0n) is 9.67. The fourth-order valence-electron chi connectivity index (χ4n) is 1.53. The van der Waals surface area contributed by atoms with Crippen molar-refractivity contribution in [1.82, 2.24) is 14.6 Å². The summed E-state index contributed by atoms with van der Waals surface area (Å²) < 4.78 is 6.89. The lowest BCUT2D eigenvalue weighted by Gasteiger charge is -2.05. The van der Waals surface area contributed by atoms with Gasteiger partial charge in [0, 0.05) is 6.07 Å². The largest absolute Gasteiger partial charge is 0.476 e. The van der Waals surface area contributed by atoms with Crippen molar-refractivity contribution in [3.8, 4) is 5.88 Å². The normalized spacial score (nSPS) is 10.7. The monoisotopic (exact) mass is 235 g/mol. The fourth-order valence-corrected chi connectivity index (χ4v) is 1.53. The summed E-state index contributed by atoms with van der Waals surface area (Å²) in [5, 5.41) is 12.9. The second-order valence-corrected chi connectivity index (χ2v) is 3.49. The summed E-state index contributed by atoms with van der Waals surface area (Å²) in [5.41, 5.74) is 1.36. The Balaban J connectivity index is 2.63. The number of aromatic nitrogens is 3. The van der Waals surface area contributed by atoms with Crippen LogP contribution >= 0.6 is 0 Å². The number of ether oxygens (including phenoxy) is 1. The first-order valence-electron chi connectivity index (χ1n) is 5.41. The van der Waals surface area contributed by atoms with Crippen molar-refractivity contribution in [3.63, 3.8) is 0 Å². The number of carboxylic acids is 1. The Morgan fingerprint density at radius 3 is 2.88 bits per heavy atom.